The quantitative estimate of drug-likeness (QED) is 0.752. The van der Waals surface area contributed by atoms with Crippen LogP contribution in [0.3, 0.4) is 0 Å². The maximum atomic E-state index is 5.44. The van der Waals surface area contributed by atoms with Crippen molar-refractivity contribution in [1.82, 2.24) is 15.0 Å². The summed E-state index contributed by atoms with van der Waals surface area (Å²) in [7, 11) is 0. The Morgan fingerprint density at radius 2 is 1.80 bits per heavy atom. The molecule has 4 N–H and O–H groups in total. The highest BCUT2D eigenvalue weighted by molar-refractivity contribution is 5.25. The van der Waals surface area contributed by atoms with Gasteiger partial charge in [-0.1, -0.05) is 0 Å². The molecule has 0 saturated heterocycles. The number of anilines is 2. The third-order valence-corrected chi connectivity index (χ3v) is 1.89. The molecule has 0 atom stereocenters. The van der Waals surface area contributed by atoms with Crippen molar-refractivity contribution >= 4 is 11.9 Å². The van der Waals surface area contributed by atoms with Crippen LogP contribution in [-0.2, 0) is 12.8 Å². The van der Waals surface area contributed by atoms with E-state index in [-0.39, 0.29) is 11.9 Å². The molecule has 0 unspecified atom stereocenters. The van der Waals surface area contributed by atoms with E-state index in [0.29, 0.717) is 12.2 Å². The van der Waals surface area contributed by atoms with Crippen LogP contribution in [0.2, 0.25) is 0 Å². The Balaban J connectivity index is 2.05. The van der Waals surface area contributed by atoms with Gasteiger partial charge in [0.2, 0.25) is 11.9 Å². The summed E-state index contributed by atoms with van der Waals surface area (Å²) in [5, 5.41) is 0. The van der Waals surface area contributed by atoms with Crippen molar-refractivity contribution in [2.24, 2.45) is 0 Å². The Morgan fingerprint density at radius 1 is 1.07 bits per heavy atom. The molecule has 0 radical (unpaired) electrons. The Hall–Kier alpha value is -2.11. The average molecular weight is 205 g/mol. The molecule has 0 saturated carbocycles. The van der Waals surface area contributed by atoms with E-state index >= 15 is 0 Å². The lowest BCUT2D eigenvalue weighted by Crippen LogP contribution is -2.07. The summed E-state index contributed by atoms with van der Waals surface area (Å²) in [6.45, 7) is 0. The summed E-state index contributed by atoms with van der Waals surface area (Å²) >= 11 is 0. The van der Waals surface area contributed by atoms with Gasteiger partial charge in [0, 0.05) is 12.8 Å². The number of hydrogen-bond acceptors (Lipinski definition) is 6. The molecule has 0 aliphatic heterocycles. The van der Waals surface area contributed by atoms with E-state index in [0.717, 1.165) is 12.2 Å². The first-order valence-electron chi connectivity index (χ1n) is 4.52. The molecule has 0 aliphatic rings. The van der Waals surface area contributed by atoms with Crippen molar-refractivity contribution in [2.75, 3.05) is 11.5 Å². The third-order valence-electron chi connectivity index (χ3n) is 1.89. The number of hydrogen-bond donors (Lipinski definition) is 2. The monoisotopic (exact) mass is 205 g/mol. The van der Waals surface area contributed by atoms with Gasteiger partial charge < -0.3 is 15.9 Å². The Bertz CT molecular complexity index is 420. The van der Waals surface area contributed by atoms with E-state index in [1.807, 2.05) is 12.1 Å². The summed E-state index contributed by atoms with van der Waals surface area (Å²) in [6, 6.07) is 3.74. The Labute approximate surface area is 86.4 Å². The van der Waals surface area contributed by atoms with Crippen LogP contribution in [0.1, 0.15) is 11.6 Å². The molecule has 0 spiro atoms. The van der Waals surface area contributed by atoms with Crippen molar-refractivity contribution in [3.05, 3.63) is 30.0 Å². The highest BCUT2D eigenvalue weighted by Crippen LogP contribution is 2.06. The fourth-order valence-electron chi connectivity index (χ4n) is 1.26. The highest BCUT2D eigenvalue weighted by Gasteiger charge is 2.03. The number of furan rings is 1. The zero-order valence-electron chi connectivity index (χ0n) is 8.05. The molecule has 2 rings (SSSR count). The lowest BCUT2D eigenvalue weighted by molar-refractivity contribution is 0.506. The summed E-state index contributed by atoms with van der Waals surface area (Å²) in [4.78, 5) is 11.6. The topological polar surface area (TPSA) is 104 Å². The van der Waals surface area contributed by atoms with Crippen LogP contribution in [0.4, 0.5) is 11.9 Å². The second-order valence-corrected chi connectivity index (χ2v) is 3.05. The van der Waals surface area contributed by atoms with E-state index in [4.69, 9.17) is 15.9 Å². The van der Waals surface area contributed by atoms with Crippen LogP contribution in [0.15, 0.2) is 22.8 Å². The normalized spacial score (nSPS) is 10.4. The largest absolute Gasteiger partial charge is 0.469 e. The maximum absolute atomic E-state index is 5.44. The third kappa shape index (κ3) is 2.43. The molecule has 15 heavy (non-hydrogen) atoms. The van der Waals surface area contributed by atoms with E-state index in [1.54, 1.807) is 6.26 Å². The molecule has 6 nitrogen and oxygen atoms in total. The molecule has 2 aromatic heterocycles. The summed E-state index contributed by atoms with van der Waals surface area (Å²) in [5.41, 5.74) is 10.9. The van der Waals surface area contributed by atoms with Crippen molar-refractivity contribution in [1.29, 1.82) is 0 Å². The van der Waals surface area contributed by atoms with Crippen LogP contribution >= 0.6 is 0 Å². The second kappa shape index (κ2) is 3.95. The first-order valence-corrected chi connectivity index (χ1v) is 4.52. The SMILES string of the molecule is Nc1nc(N)nc(CCc2ccco2)n1. The fourth-order valence-corrected chi connectivity index (χ4v) is 1.26. The van der Waals surface area contributed by atoms with Crippen LogP contribution in [0.25, 0.3) is 0 Å². The number of nitrogen functional groups attached to an aromatic ring is 2. The van der Waals surface area contributed by atoms with Gasteiger partial charge in [-0.05, 0) is 12.1 Å². The minimum absolute atomic E-state index is 0.150. The number of rotatable bonds is 3. The smallest absolute Gasteiger partial charge is 0.225 e. The lowest BCUT2D eigenvalue weighted by Gasteiger charge is -2.00. The maximum Gasteiger partial charge on any atom is 0.225 e. The number of nitrogens with zero attached hydrogens (tertiary/aromatic N) is 3. The predicted octanol–water partition coefficient (Wildman–Crippen LogP) is 0.414. The molecular weight excluding hydrogens is 194 g/mol. The molecule has 0 amide bonds. The summed E-state index contributed by atoms with van der Waals surface area (Å²) < 4.78 is 5.18. The van der Waals surface area contributed by atoms with Crippen LogP contribution in [0, 0.1) is 0 Å². The van der Waals surface area contributed by atoms with Gasteiger partial charge in [-0.15, -0.1) is 0 Å². The molecule has 0 fully saturated rings. The summed E-state index contributed by atoms with van der Waals surface area (Å²) in [5.74, 6) is 1.76. The van der Waals surface area contributed by atoms with Gasteiger partial charge in [-0.3, -0.25) is 0 Å². The van der Waals surface area contributed by atoms with E-state index in [9.17, 15) is 0 Å². The van der Waals surface area contributed by atoms with Gasteiger partial charge in [-0.25, -0.2) is 0 Å². The molecule has 0 bridgehead atoms. The Morgan fingerprint density at radius 3 is 2.40 bits per heavy atom. The molecule has 2 heterocycles. The highest BCUT2D eigenvalue weighted by atomic mass is 16.3. The number of aryl methyl sites for hydroxylation is 2. The van der Waals surface area contributed by atoms with Gasteiger partial charge in [0.05, 0.1) is 6.26 Å². The minimum atomic E-state index is 0.150. The van der Waals surface area contributed by atoms with Crippen molar-refractivity contribution in [3.8, 4) is 0 Å². The molecule has 0 aliphatic carbocycles. The van der Waals surface area contributed by atoms with Crippen molar-refractivity contribution in [3.63, 3.8) is 0 Å². The predicted molar refractivity (Wildman–Crippen MR) is 54.8 cm³/mol. The Kier molecular flexibility index (Phi) is 2.49. The molecule has 0 aromatic carbocycles. The average Bonchev–Trinajstić information content (AvgIpc) is 2.65. The van der Waals surface area contributed by atoms with Crippen molar-refractivity contribution < 1.29 is 4.42 Å². The van der Waals surface area contributed by atoms with E-state index in [2.05, 4.69) is 15.0 Å². The van der Waals surface area contributed by atoms with Gasteiger partial charge >= 0.3 is 0 Å². The number of nitrogens with two attached hydrogens (primary N) is 2. The molecule has 2 aromatic rings. The first-order chi connectivity index (χ1) is 7.24. The number of aromatic nitrogens is 3. The van der Waals surface area contributed by atoms with Gasteiger partial charge in [0.1, 0.15) is 11.6 Å². The van der Waals surface area contributed by atoms with E-state index < -0.39 is 0 Å². The van der Waals surface area contributed by atoms with Gasteiger partial charge in [0.25, 0.3) is 0 Å². The minimum Gasteiger partial charge on any atom is -0.469 e. The zero-order valence-corrected chi connectivity index (χ0v) is 8.05. The molecule has 6 heteroatoms. The zero-order chi connectivity index (χ0) is 10.7. The van der Waals surface area contributed by atoms with E-state index in [1.165, 1.54) is 0 Å². The molecule has 78 valence electrons. The van der Waals surface area contributed by atoms with Gasteiger partial charge in [0.15, 0.2) is 0 Å². The standard InChI is InChI=1S/C9H11N5O/c10-8-12-7(13-9(11)14-8)4-3-6-2-1-5-15-6/h1-2,5H,3-4H2,(H4,10,11,12,13,14). The van der Waals surface area contributed by atoms with Crippen molar-refractivity contribution in [2.45, 2.75) is 12.8 Å². The van der Waals surface area contributed by atoms with Crippen LogP contribution in [-0.4, -0.2) is 15.0 Å². The van der Waals surface area contributed by atoms with Crippen LogP contribution in [0.5, 0.6) is 0 Å². The van der Waals surface area contributed by atoms with Crippen LogP contribution < -0.4 is 11.5 Å². The first kappa shape index (κ1) is 9.45. The summed E-state index contributed by atoms with van der Waals surface area (Å²) in [6.07, 6.45) is 2.98. The second-order valence-electron chi connectivity index (χ2n) is 3.05. The fraction of sp³-hybridized carbons (Fsp3) is 0.222. The molecular formula is C9H11N5O. The van der Waals surface area contributed by atoms with Gasteiger partial charge in [-0.2, -0.15) is 15.0 Å². The lowest BCUT2D eigenvalue weighted by atomic mass is 10.2.